The first kappa shape index (κ1) is 11.8. The number of nitrogens with one attached hydrogen (secondary N) is 1. The molecule has 17 heavy (non-hydrogen) atoms. The van der Waals surface area contributed by atoms with Gasteiger partial charge in [-0.1, -0.05) is 6.58 Å². The fourth-order valence-electron chi connectivity index (χ4n) is 1.70. The van der Waals surface area contributed by atoms with E-state index >= 15 is 0 Å². The molecule has 92 valence electrons. The van der Waals surface area contributed by atoms with E-state index in [1.165, 1.54) is 11.1 Å². The summed E-state index contributed by atoms with van der Waals surface area (Å²) in [5.41, 5.74) is 0. The van der Waals surface area contributed by atoms with Gasteiger partial charge in [-0.15, -0.1) is 0 Å². The first-order valence-electron chi connectivity index (χ1n) is 4.90. The summed E-state index contributed by atoms with van der Waals surface area (Å²) in [6, 6.07) is 0. The van der Waals surface area contributed by atoms with Gasteiger partial charge in [-0.2, -0.15) is 0 Å². The van der Waals surface area contributed by atoms with Gasteiger partial charge in [-0.25, -0.2) is 18.5 Å². The molecule has 1 fully saturated rings. The Hall–Kier alpha value is -1.67. The van der Waals surface area contributed by atoms with Crippen molar-refractivity contribution >= 4 is 22.1 Å². The molecule has 2 rings (SSSR count). The summed E-state index contributed by atoms with van der Waals surface area (Å²) in [6.07, 6.45) is 2.98. The minimum Gasteiger partial charge on any atom is -0.327 e. The van der Waals surface area contributed by atoms with Gasteiger partial charge in [0.1, 0.15) is 16.9 Å². The van der Waals surface area contributed by atoms with E-state index in [0.717, 1.165) is 0 Å². The van der Waals surface area contributed by atoms with E-state index in [9.17, 15) is 13.2 Å². The number of sulfonamides is 1. The SMILES string of the molecule is C=C1N=CC=C(N2CC(S(N)(=O)=O)CC2=O)N1. The number of allylic oxidation sites excluding steroid dienone is 1. The number of nitrogens with two attached hydrogens (primary N) is 1. The molecule has 0 bridgehead atoms. The van der Waals surface area contributed by atoms with Crippen molar-refractivity contribution in [2.24, 2.45) is 10.1 Å². The molecule has 0 saturated carbocycles. The smallest absolute Gasteiger partial charge is 0.229 e. The van der Waals surface area contributed by atoms with Gasteiger partial charge in [-0.3, -0.25) is 9.69 Å². The molecule has 3 N–H and O–H groups in total. The number of amides is 1. The highest BCUT2D eigenvalue weighted by Gasteiger charge is 2.38. The van der Waals surface area contributed by atoms with Gasteiger partial charge in [-0.05, 0) is 6.08 Å². The van der Waals surface area contributed by atoms with Gasteiger partial charge < -0.3 is 5.32 Å². The second-order valence-electron chi connectivity index (χ2n) is 3.82. The average Bonchev–Trinajstić information content (AvgIpc) is 2.60. The molecule has 1 amide bonds. The minimum atomic E-state index is -3.69. The lowest BCUT2D eigenvalue weighted by Gasteiger charge is -2.22. The van der Waals surface area contributed by atoms with Crippen LogP contribution in [-0.4, -0.2) is 37.2 Å². The fraction of sp³-hybridized carbons (Fsp3) is 0.333. The number of aliphatic imine (C=N–C) groups is 1. The number of primary sulfonamides is 1. The quantitative estimate of drug-likeness (QED) is 0.651. The highest BCUT2D eigenvalue weighted by atomic mass is 32.2. The molecule has 8 heteroatoms. The van der Waals surface area contributed by atoms with E-state index in [0.29, 0.717) is 11.6 Å². The molecule has 0 radical (unpaired) electrons. The maximum absolute atomic E-state index is 11.7. The molecule has 1 atom stereocenters. The first-order chi connectivity index (χ1) is 7.88. The van der Waals surface area contributed by atoms with Crippen molar-refractivity contribution in [3.8, 4) is 0 Å². The van der Waals surface area contributed by atoms with Crippen molar-refractivity contribution < 1.29 is 13.2 Å². The van der Waals surface area contributed by atoms with Gasteiger partial charge in [0.15, 0.2) is 0 Å². The molecule has 0 aliphatic carbocycles. The van der Waals surface area contributed by atoms with Crippen LogP contribution in [0.5, 0.6) is 0 Å². The van der Waals surface area contributed by atoms with E-state index in [1.807, 2.05) is 0 Å². The van der Waals surface area contributed by atoms with Crippen LogP contribution >= 0.6 is 0 Å². The molecule has 0 aromatic rings. The van der Waals surface area contributed by atoms with Gasteiger partial charge in [0, 0.05) is 19.2 Å². The number of hydrogen-bond donors (Lipinski definition) is 2. The van der Waals surface area contributed by atoms with Crippen LogP contribution in [0.1, 0.15) is 6.42 Å². The topological polar surface area (TPSA) is 105 Å². The number of hydrogen-bond acceptors (Lipinski definition) is 5. The minimum absolute atomic E-state index is 0.0532. The zero-order valence-electron chi connectivity index (χ0n) is 8.96. The van der Waals surface area contributed by atoms with Crippen molar-refractivity contribution in [1.82, 2.24) is 10.2 Å². The summed E-state index contributed by atoms with van der Waals surface area (Å²) < 4.78 is 22.4. The Morgan fingerprint density at radius 1 is 1.59 bits per heavy atom. The van der Waals surface area contributed by atoms with Crippen LogP contribution in [0.4, 0.5) is 0 Å². The number of carbonyl (C=O) groups excluding carboxylic acids is 1. The lowest BCUT2D eigenvalue weighted by molar-refractivity contribution is -0.126. The van der Waals surface area contributed by atoms with Gasteiger partial charge in [0.2, 0.25) is 15.9 Å². The molecule has 2 aliphatic heterocycles. The summed E-state index contributed by atoms with van der Waals surface area (Å²) in [7, 11) is -3.69. The second-order valence-corrected chi connectivity index (χ2v) is 5.67. The Labute approximate surface area is 98.7 Å². The van der Waals surface area contributed by atoms with Crippen molar-refractivity contribution in [3.63, 3.8) is 0 Å². The zero-order valence-corrected chi connectivity index (χ0v) is 9.77. The fourth-order valence-corrected chi connectivity index (χ4v) is 2.44. The highest BCUT2D eigenvalue weighted by molar-refractivity contribution is 7.89. The van der Waals surface area contributed by atoms with Crippen LogP contribution in [0, 0.1) is 0 Å². The molecule has 1 saturated heterocycles. The standard InChI is InChI=1S/C9H12N4O3S/c1-6-11-3-2-8(12-6)13-5-7(4-9(13)14)17(10,15)16/h2-3,7,12H,1,4-5H2,(H2,10,15,16). The largest absolute Gasteiger partial charge is 0.327 e. The third kappa shape index (κ3) is 2.37. The Morgan fingerprint density at radius 3 is 2.82 bits per heavy atom. The molecular weight excluding hydrogens is 244 g/mol. The Morgan fingerprint density at radius 2 is 2.29 bits per heavy atom. The van der Waals surface area contributed by atoms with Crippen LogP contribution in [0.25, 0.3) is 0 Å². The molecule has 2 aliphatic rings. The lowest BCUT2D eigenvalue weighted by Crippen LogP contribution is -2.36. The Kier molecular flexibility index (Phi) is 2.76. The summed E-state index contributed by atoms with van der Waals surface area (Å²) >= 11 is 0. The molecule has 2 heterocycles. The summed E-state index contributed by atoms with van der Waals surface area (Å²) in [4.78, 5) is 16.9. The first-order valence-corrected chi connectivity index (χ1v) is 6.51. The predicted octanol–water partition coefficient (Wildman–Crippen LogP) is -1.14. The van der Waals surface area contributed by atoms with Crippen molar-refractivity contribution in [2.75, 3.05) is 6.54 Å². The molecule has 0 aromatic carbocycles. The number of carbonyl (C=O) groups is 1. The third-order valence-corrected chi connectivity index (χ3v) is 3.83. The lowest BCUT2D eigenvalue weighted by atomic mass is 10.4. The van der Waals surface area contributed by atoms with Crippen molar-refractivity contribution in [3.05, 3.63) is 24.3 Å². The highest BCUT2D eigenvalue weighted by Crippen LogP contribution is 2.20. The van der Waals surface area contributed by atoms with Gasteiger partial charge in [0.25, 0.3) is 0 Å². The van der Waals surface area contributed by atoms with Gasteiger partial charge >= 0.3 is 0 Å². The molecule has 0 aromatic heterocycles. The van der Waals surface area contributed by atoms with Crippen LogP contribution in [0.3, 0.4) is 0 Å². The van der Waals surface area contributed by atoms with Crippen LogP contribution in [-0.2, 0) is 14.8 Å². The monoisotopic (exact) mass is 256 g/mol. The molecule has 0 spiro atoms. The summed E-state index contributed by atoms with van der Waals surface area (Å²) in [6.45, 7) is 3.65. The maximum Gasteiger partial charge on any atom is 0.229 e. The summed E-state index contributed by atoms with van der Waals surface area (Å²) in [5.74, 6) is 0.585. The second kappa shape index (κ2) is 3.97. The van der Waals surface area contributed by atoms with Crippen LogP contribution < -0.4 is 10.5 Å². The number of rotatable bonds is 2. The molecule has 1 unspecified atom stereocenters. The average molecular weight is 256 g/mol. The molecule has 7 nitrogen and oxygen atoms in total. The molecular formula is C9H12N4O3S. The number of likely N-dealkylation sites (tertiary alicyclic amines) is 1. The number of nitrogens with zero attached hydrogens (tertiary/aromatic N) is 2. The maximum atomic E-state index is 11.7. The normalized spacial score (nSPS) is 24.9. The van der Waals surface area contributed by atoms with E-state index < -0.39 is 15.3 Å². The Bertz CT molecular complexity index is 534. The third-order valence-electron chi connectivity index (χ3n) is 2.58. The zero-order chi connectivity index (χ0) is 12.6. The van der Waals surface area contributed by atoms with E-state index in [-0.39, 0.29) is 18.9 Å². The summed E-state index contributed by atoms with van der Waals surface area (Å²) in [5, 5.41) is 6.97. The van der Waals surface area contributed by atoms with Crippen LogP contribution in [0.15, 0.2) is 29.3 Å². The van der Waals surface area contributed by atoms with Crippen LogP contribution in [0.2, 0.25) is 0 Å². The Balaban J connectivity index is 2.19. The van der Waals surface area contributed by atoms with E-state index in [2.05, 4.69) is 16.9 Å². The van der Waals surface area contributed by atoms with E-state index in [4.69, 9.17) is 5.14 Å². The van der Waals surface area contributed by atoms with Crippen molar-refractivity contribution in [1.29, 1.82) is 0 Å². The van der Waals surface area contributed by atoms with E-state index in [1.54, 1.807) is 6.08 Å². The van der Waals surface area contributed by atoms with Crippen molar-refractivity contribution in [2.45, 2.75) is 11.7 Å². The predicted molar refractivity (Wildman–Crippen MR) is 62.1 cm³/mol. The van der Waals surface area contributed by atoms with Gasteiger partial charge in [0.05, 0.1) is 0 Å².